The molecule has 1 amide bonds. The maximum Gasteiger partial charge on any atom is 0.433 e. The fraction of sp³-hybridized carbons (Fsp3) is 0.250. The van der Waals surface area contributed by atoms with E-state index in [1.165, 1.54) is 41.8 Å². The molecule has 1 saturated heterocycles. The molecule has 4 heterocycles. The van der Waals surface area contributed by atoms with E-state index >= 15 is 0 Å². The number of aryl methyl sites for hydroxylation is 1. The van der Waals surface area contributed by atoms with Crippen LogP contribution in [0.25, 0.3) is 28.2 Å². The molecule has 8 nitrogen and oxygen atoms in total. The molecule has 3 N–H and O–H groups in total. The van der Waals surface area contributed by atoms with E-state index in [0.717, 1.165) is 6.07 Å². The third kappa shape index (κ3) is 4.47. The Hall–Kier alpha value is -4.06. The molecule has 0 saturated carbocycles. The van der Waals surface area contributed by atoms with E-state index in [0.29, 0.717) is 19.6 Å². The number of pyridine rings is 1. The van der Waals surface area contributed by atoms with Gasteiger partial charge in [0.1, 0.15) is 17.2 Å². The van der Waals surface area contributed by atoms with Gasteiger partial charge in [-0.3, -0.25) is 9.20 Å². The fourth-order valence-electron chi connectivity index (χ4n) is 4.15. The minimum atomic E-state index is -4.70. The molecule has 1 unspecified atom stereocenters. The Morgan fingerprint density at radius 1 is 1.17 bits per heavy atom. The summed E-state index contributed by atoms with van der Waals surface area (Å²) in [6.45, 7) is 2.32. The van der Waals surface area contributed by atoms with Gasteiger partial charge in [0, 0.05) is 29.6 Å². The number of benzene rings is 1. The topological polar surface area (TPSA) is 107 Å². The van der Waals surface area contributed by atoms with E-state index in [1.807, 2.05) is 0 Å². The highest BCUT2D eigenvalue weighted by Crippen LogP contribution is 2.37. The predicted molar refractivity (Wildman–Crippen MR) is 122 cm³/mol. The molecule has 5 rings (SSSR count). The van der Waals surface area contributed by atoms with Gasteiger partial charge in [0.2, 0.25) is 0 Å². The first kappa shape index (κ1) is 23.7. The molecular weight excluding hydrogens is 480 g/mol. The number of halogens is 4. The van der Waals surface area contributed by atoms with Crippen molar-refractivity contribution < 1.29 is 27.1 Å². The van der Waals surface area contributed by atoms with Gasteiger partial charge in [-0.15, -0.1) is 0 Å². The van der Waals surface area contributed by atoms with E-state index in [1.54, 1.807) is 6.07 Å². The number of fused-ring (bicyclic) bond motifs is 1. The second-order valence-corrected chi connectivity index (χ2v) is 8.44. The lowest BCUT2D eigenvalue weighted by Crippen LogP contribution is -2.35. The Bertz CT molecular complexity index is 1480. The van der Waals surface area contributed by atoms with Gasteiger partial charge in [-0.25, -0.2) is 19.3 Å². The van der Waals surface area contributed by atoms with Gasteiger partial charge in [0.25, 0.3) is 5.91 Å². The monoisotopic (exact) mass is 500 g/mol. The molecule has 1 aliphatic rings. The normalized spacial score (nSPS) is 16.0. The van der Waals surface area contributed by atoms with Crippen LogP contribution in [0.3, 0.4) is 0 Å². The zero-order valence-corrected chi connectivity index (χ0v) is 18.9. The Labute approximate surface area is 202 Å². The highest BCUT2D eigenvalue weighted by Gasteiger charge is 2.34. The number of carbonyl (C=O) groups excluding carboxylic acids is 1. The van der Waals surface area contributed by atoms with Crippen molar-refractivity contribution >= 4 is 17.4 Å². The maximum atomic E-state index is 14.1. The van der Waals surface area contributed by atoms with E-state index in [9.17, 15) is 22.4 Å². The second kappa shape index (κ2) is 8.86. The van der Waals surface area contributed by atoms with Crippen LogP contribution in [0, 0.1) is 12.7 Å². The van der Waals surface area contributed by atoms with Crippen LogP contribution in [0.4, 0.5) is 23.4 Å². The lowest BCUT2D eigenvalue weighted by atomic mass is 10.0. The Kier molecular flexibility index (Phi) is 5.83. The van der Waals surface area contributed by atoms with Crippen molar-refractivity contribution in [3.8, 4) is 22.5 Å². The number of ether oxygens (including phenoxy) is 1. The van der Waals surface area contributed by atoms with Crippen LogP contribution >= 0.6 is 0 Å². The zero-order valence-electron chi connectivity index (χ0n) is 18.9. The van der Waals surface area contributed by atoms with Gasteiger partial charge in [-0.2, -0.15) is 13.2 Å². The van der Waals surface area contributed by atoms with Gasteiger partial charge in [0.05, 0.1) is 24.0 Å². The minimum absolute atomic E-state index is 0.00475. The summed E-state index contributed by atoms with van der Waals surface area (Å²) in [5, 5.41) is 2.82. The van der Waals surface area contributed by atoms with Crippen molar-refractivity contribution in [1.29, 1.82) is 0 Å². The highest BCUT2D eigenvalue weighted by atomic mass is 19.4. The van der Waals surface area contributed by atoms with Crippen LogP contribution < -0.4 is 11.1 Å². The molecule has 0 aliphatic carbocycles. The molecule has 4 aromatic rings. The van der Waals surface area contributed by atoms with E-state index in [4.69, 9.17) is 10.5 Å². The van der Waals surface area contributed by atoms with Crippen LogP contribution in [-0.4, -0.2) is 44.5 Å². The van der Waals surface area contributed by atoms with Gasteiger partial charge < -0.3 is 15.8 Å². The third-order valence-corrected chi connectivity index (χ3v) is 5.75. The molecule has 1 aromatic carbocycles. The van der Waals surface area contributed by atoms with Gasteiger partial charge >= 0.3 is 6.18 Å². The van der Waals surface area contributed by atoms with Crippen LogP contribution in [0.5, 0.6) is 0 Å². The molecule has 0 radical (unpaired) electrons. The van der Waals surface area contributed by atoms with Crippen LogP contribution in [0.2, 0.25) is 0 Å². The van der Waals surface area contributed by atoms with E-state index < -0.39 is 23.6 Å². The number of aromatic nitrogens is 4. The number of anilines is 1. The summed E-state index contributed by atoms with van der Waals surface area (Å²) in [4.78, 5) is 25.1. The van der Waals surface area contributed by atoms with E-state index in [-0.39, 0.29) is 51.4 Å². The number of rotatable bonds is 4. The Balaban J connectivity index is 1.75. The second-order valence-electron chi connectivity index (χ2n) is 8.44. The molecule has 12 heteroatoms. The largest absolute Gasteiger partial charge is 0.433 e. The number of nitrogens with zero attached hydrogens (tertiary/aromatic N) is 4. The summed E-state index contributed by atoms with van der Waals surface area (Å²) in [5.41, 5.74) is 5.87. The van der Waals surface area contributed by atoms with Crippen molar-refractivity contribution in [1.82, 2.24) is 24.7 Å². The number of imidazole rings is 1. The predicted octanol–water partition coefficient (Wildman–Crippen LogP) is 4.03. The summed E-state index contributed by atoms with van der Waals surface area (Å²) in [5.74, 6) is -1.14. The Morgan fingerprint density at radius 3 is 2.67 bits per heavy atom. The molecule has 36 heavy (non-hydrogen) atoms. The average Bonchev–Trinajstić information content (AvgIpc) is 3.48. The first-order valence-electron chi connectivity index (χ1n) is 11.0. The number of hydrogen-bond acceptors (Lipinski definition) is 6. The number of hydrogen-bond donors (Lipinski definition) is 2. The quantitative estimate of drug-likeness (QED) is 0.410. The summed E-state index contributed by atoms with van der Waals surface area (Å²) < 4.78 is 61.5. The number of nitrogens with two attached hydrogens (primary N) is 1. The smallest absolute Gasteiger partial charge is 0.381 e. The first-order chi connectivity index (χ1) is 17.1. The summed E-state index contributed by atoms with van der Waals surface area (Å²) in [6.07, 6.45) is -2.68. The molecular formula is C24H20F4N6O2. The standard InChI is InChI=1S/C24H20F4N6O2/c1-12-7-14(9-18(30-12)24(26,27)28)20-19(13-3-2-4-15(25)8-13)33-21(29)22-32-17(10-34(20)22)23(35)31-16-5-6-36-11-16/h2-4,7-10,16H,5-6,11H2,1H3,(H2,29,33)(H,31,35). The lowest BCUT2D eigenvalue weighted by molar-refractivity contribution is -0.141. The maximum absolute atomic E-state index is 14.1. The summed E-state index contributed by atoms with van der Waals surface area (Å²) in [7, 11) is 0. The molecule has 1 aliphatic heterocycles. The van der Waals surface area contributed by atoms with Crippen molar-refractivity contribution in [2.75, 3.05) is 18.9 Å². The number of nitrogen functional groups attached to an aromatic ring is 1. The Morgan fingerprint density at radius 2 is 1.97 bits per heavy atom. The molecule has 1 fully saturated rings. The van der Waals surface area contributed by atoms with Crippen molar-refractivity contribution in [2.24, 2.45) is 0 Å². The number of amides is 1. The first-order valence-corrected chi connectivity index (χ1v) is 11.0. The average molecular weight is 500 g/mol. The molecule has 0 bridgehead atoms. The summed E-state index contributed by atoms with van der Waals surface area (Å²) in [6, 6.07) is 7.57. The SMILES string of the molecule is Cc1cc(-c2c(-c3cccc(F)c3)nc(N)c3nc(C(=O)NC4CCOC4)cn23)cc(C(F)(F)F)n1. The van der Waals surface area contributed by atoms with E-state index in [2.05, 4.69) is 20.3 Å². The van der Waals surface area contributed by atoms with Crippen molar-refractivity contribution in [2.45, 2.75) is 25.6 Å². The van der Waals surface area contributed by atoms with Gasteiger partial charge in [0.15, 0.2) is 11.5 Å². The zero-order chi connectivity index (χ0) is 25.6. The van der Waals surface area contributed by atoms with Crippen LogP contribution in [-0.2, 0) is 10.9 Å². The van der Waals surface area contributed by atoms with Crippen LogP contribution in [0.15, 0.2) is 42.6 Å². The molecule has 0 spiro atoms. The van der Waals surface area contributed by atoms with Crippen molar-refractivity contribution in [3.63, 3.8) is 0 Å². The molecule has 1 atom stereocenters. The van der Waals surface area contributed by atoms with Crippen LogP contribution in [0.1, 0.15) is 28.3 Å². The fourth-order valence-corrected chi connectivity index (χ4v) is 4.15. The lowest BCUT2D eigenvalue weighted by Gasteiger charge is -2.15. The molecule has 3 aromatic heterocycles. The number of carbonyl (C=O) groups is 1. The highest BCUT2D eigenvalue weighted by molar-refractivity contribution is 5.94. The number of alkyl halides is 3. The van der Waals surface area contributed by atoms with Crippen molar-refractivity contribution in [3.05, 3.63) is 65.5 Å². The summed E-state index contributed by atoms with van der Waals surface area (Å²) >= 11 is 0. The van der Waals surface area contributed by atoms with Gasteiger partial charge in [-0.1, -0.05) is 12.1 Å². The minimum Gasteiger partial charge on any atom is -0.381 e. The third-order valence-electron chi connectivity index (χ3n) is 5.75. The van der Waals surface area contributed by atoms with Gasteiger partial charge in [-0.05, 0) is 37.6 Å². The number of nitrogens with one attached hydrogen (secondary N) is 1. The molecule has 186 valence electrons.